The van der Waals surface area contributed by atoms with Crippen molar-refractivity contribution in [2.45, 2.75) is 13.0 Å². The molecule has 4 N–H and O–H groups in total. The molecule has 0 aliphatic heterocycles. The molecule has 0 fully saturated rings. The molecular formula is C19H17FN4O2S. The summed E-state index contributed by atoms with van der Waals surface area (Å²) in [6, 6.07) is 13.5. The van der Waals surface area contributed by atoms with E-state index >= 15 is 0 Å². The molecule has 3 aromatic rings. The quantitative estimate of drug-likeness (QED) is 0.636. The molecule has 1 amide bonds. The van der Waals surface area contributed by atoms with Crippen molar-refractivity contribution >= 4 is 39.7 Å². The van der Waals surface area contributed by atoms with Crippen LogP contribution >= 0.6 is 11.3 Å². The third-order valence-corrected chi connectivity index (χ3v) is 5.06. The van der Waals surface area contributed by atoms with Crippen LogP contribution in [0.15, 0.2) is 54.6 Å². The maximum Gasteiger partial charge on any atom is 0.240 e. The number of primary amides is 1. The topological polar surface area (TPSA) is 102 Å². The van der Waals surface area contributed by atoms with Crippen LogP contribution < -0.4 is 16.4 Å². The van der Waals surface area contributed by atoms with E-state index in [2.05, 4.69) is 4.98 Å². The van der Waals surface area contributed by atoms with E-state index in [0.717, 1.165) is 11.3 Å². The Labute approximate surface area is 159 Å². The third kappa shape index (κ3) is 3.80. The third-order valence-electron chi connectivity index (χ3n) is 3.99. The number of thiazole rings is 1. The molecule has 0 saturated carbocycles. The fourth-order valence-electron chi connectivity index (χ4n) is 2.54. The maximum absolute atomic E-state index is 13.3. The lowest BCUT2D eigenvalue weighted by molar-refractivity contribution is -0.118. The molecule has 0 radical (unpaired) electrons. The first kappa shape index (κ1) is 18.5. The normalized spacial score (nSPS) is 11.8. The minimum atomic E-state index is -0.777. The van der Waals surface area contributed by atoms with Crippen molar-refractivity contribution in [2.24, 2.45) is 5.73 Å². The predicted octanol–water partition coefficient (Wildman–Crippen LogP) is 3.11. The van der Waals surface area contributed by atoms with Gasteiger partial charge < -0.3 is 16.4 Å². The van der Waals surface area contributed by atoms with Crippen LogP contribution in [-0.2, 0) is 4.79 Å². The number of amides is 1. The molecule has 0 bridgehead atoms. The summed E-state index contributed by atoms with van der Waals surface area (Å²) in [7, 11) is 0. The summed E-state index contributed by atoms with van der Waals surface area (Å²) in [4.78, 5) is 30.6. The van der Waals surface area contributed by atoms with Crippen LogP contribution in [0.4, 0.5) is 21.0 Å². The van der Waals surface area contributed by atoms with E-state index in [-0.39, 0.29) is 16.5 Å². The lowest BCUT2D eigenvalue weighted by atomic mass is 10.1. The van der Waals surface area contributed by atoms with E-state index < -0.39 is 17.8 Å². The average Bonchev–Trinajstić information content (AvgIpc) is 3.04. The van der Waals surface area contributed by atoms with Crippen LogP contribution in [0.3, 0.4) is 0 Å². The Morgan fingerprint density at radius 1 is 1.11 bits per heavy atom. The first-order chi connectivity index (χ1) is 12.9. The zero-order chi connectivity index (χ0) is 19.6. The SMILES string of the molecule is C[C@H](C(N)=O)N(c1ccc(F)cc1)c1nc(N)c(C(=O)c2ccccc2)s1. The van der Waals surface area contributed by atoms with Crippen molar-refractivity contribution in [3.8, 4) is 0 Å². The van der Waals surface area contributed by atoms with Gasteiger partial charge in [0, 0.05) is 11.3 Å². The standard InChI is InChI=1S/C19H17FN4O2S/c1-11(18(22)26)24(14-9-7-13(20)8-10-14)19-23-17(21)16(27-19)15(25)12-5-3-2-4-6-12/h2-11H,21H2,1H3,(H2,22,26)/t11-/m1/s1. The van der Waals surface area contributed by atoms with Crippen molar-refractivity contribution in [2.75, 3.05) is 10.6 Å². The van der Waals surface area contributed by atoms with Crippen molar-refractivity contribution in [3.05, 3.63) is 70.9 Å². The molecule has 8 heteroatoms. The number of benzene rings is 2. The molecule has 2 aromatic carbocycles. The molecule has 1 atom stereocenters. The number of nitrogens with zero attached hydrogens (tertiary/aromatic N) is 2. The molecule has 0 saturated heterocycles. The number of ketones is 1. The Morgan fingerprint density at radius 2 is 1.74 bits per heavy atom. The number of carbonyl (C=O) groups is 2. The number of anilines is 3. The van der Waals surface area contributed by atoms with Gasteiger partial charge in [-0.05, 0) is 31.2 Å². The lowest BCUT2D eigenvalue weighted by Gasteiger charge is -2.26. The van der Waals surface area contributed by atoms with Gasteiger partial charge >= 0.3 is 0 Å². The van der Waals surface area contributed by atoms with Crippen molar-refractivity contribution in [1.82, 2.24) is 4.98 Å². The lowest BCUT2D eigenvalue weighted by Crippen LogP contribution is -2.39. The Balaban J connectivity index is 2.04. The molecule has 0 spiro atoms. The van der Waals surface area contributed by atoms with E-state index in [1.165, 1.54) is 29.2 Å². The second-order valence-corrected chi connectivity index (χ2v) is 6.81. The number of aromatic nitrogens is 1. The summed E-state index contributed by atoms with van der Waals surface area (Å²) in [5.74, 6) is -1.21. The molecule has 138 valence electrons. The monoisotopic (exact) mass is 384 g/mol. The Hall–Kier alpha value is -3.26. The first-order valence-corrected chi connectivity index (χ1v) is 8.90. The summed E-state index contributed by atoms with van der Waals surface area (Å²) in [6.45, 7) is 1.60. The van der Waals surface area contributed by atoms with Crippen molar-refractivity contribution in [3.63, 3.8) is 0 Å². The van der Waals surface area contributed by atoms with Gasteiger partial charge in [-0.15, -0.1) is 0 Å². The summed E-state index contributed by atoms with van der Waals surface area (Å²) in [6.07, 6.45) is 0. The highest BCUT2D eigenvalue weighted by Gasteiger charge is 2.27. The Morgan fingerprint density at radius 3 is 2.33 bits per heavy atom. The second kappa shape index (κ2) is 7.55. The highest BCUT2D eigenvalue weighted by molar-refractivity contribution is 7.18. The number of hydrogen-bond donors (Lipinski definition) is 2. The van der Waals surface area contributed by atoms with E-state index in [1.54, 1.807) is 31.2 Å². The van der Waals surface area contributed by atoms with Gasteiger partial charge in [0.05, 0.1) is 0 Å². The van der Waals surface area contributed by atoms with Gasteiger partial charge in [-0.2, -0.15) is 0 Å². The highest BCUT2D eigenvalue weighted by atomic mass is 32.1. The largest absolute Gasteiger partial charge is 0.382 e. The minimum absolute atomic E-state index is 0.0626. The molecular weight excluding hydrogens is 367 g/mol. The van der Waals surface area contributed by atoms with Crippen molar-refractivity contribution < 1.29 is 14.0 Å². The summed E-state index contributed by atoms with van der Waals surface area (Å²) < 4.78 is 13.3. The van der Waals surface area contributed by atoms with E-state index in [9.17, 15) is 14.0 Å². The smallest absolute Gasteiger partial charge is 0.240 e. The van der Waals surface area contributed by atoms with Gasteiger partial charge in [0.2, 0.25) is 11.7 Å². The first-order valence-electron chi connectivity index (χ1n) is 8.08. The molecule has 27 heavy (non-hydrogen) atoms. The fraction of sp³-hybridized carbons (Fsp3) is 0.105. The van der Waals surface area contributed by atoms with Gasteiger partial charge in [0.25, 0.3) is 0 Å². The average molecular weight is 384 g/mol. The zero-order valence-corrected chi connectivity index (χ0v) is 15.2. The van der Waals surface area contributed by atoms with Gasteiger partial charge in [0.1, 0.15) is 22.6 Å². The van der Waals surface area contributed by atoms with Gasteiger partial charge in [-0.3, -0.25) is 9.59 Å². The minimum Gasteiger partial charge on any atom is -0.382 e. The maximum atomic E-state index is 13.3. The second-order valence-electron chi connectivity index (χ2n) is 5.83. The molecule has 3 rings (SSSR count). The van der Waals surface area contributed by atoms with Crippen molar-refractivity contribution in [1.29, 1.82) is 0 Å². The van der Waals surface area contributed by atoms with Gasteiger partial charge in [0.15, 0.2) is 5.13 Å². The molecule has 0 aliphatic rings. The van der Waals surface area contributed by atoms with E-state index in [4.69, 9.17) is 11.5 Å². The van der Waals surface area contributed by atoms with Gasteiger partial charge in [-0.1, -0.05) is 41.7 Å². The van der Waals surface area contributed by atoms with Crippen LogP contribution in [0.2, 0.25) is 0 Å². The van der Waals surface area contributed by atoms with Crippen LogP contribution in [0.5, 0.6) is 0 Å². The van der Waals surface area contributed by atoms with Crippen LogP contribution in [0, 0.1) is 5.82 Å². The Kier molecular flexibility index (Phi) is 5.18. The summed E-state index contributed by atoms with van der Waals surface area (Å²) in [5, 5.41) is 0.324. The van der Waals surface area contributed by atoms with Crippen LogP contribution in [0.1, 0.15) is 22.2 Å². The van der Waals surface area contributed by atoms with Gasteiger partial charge in [-0.25, -0.2) is 9.37 Å². The molecule has 6 nitrogen and oxygen atoms in total. The number of nitrogen functional groups attached to an aromatic ring is 1. The highest BCUT2D eigenvalue weighted by Crippen LogP contribution is 2.35. The number of rotatable bonds is 6. The fourth-order valence-corrected chi connectivity index (χ4v) is 3.58. The number of halogens is 1. The summed E-state index contributed by atoms with van der Waals surface area (Å²) in [5.41, 5.74) is 12.4. The number of nitrogens with two attached hydrogens (primary N) is 2. The molecule has 0 aliphatic carbocycles. The van der Waals surface area contributed by atoms with E-state index in [1.807, 2.05) is 6.07 Å². The summed E-state index contributed by atoms with van der Waals surface area (Å²) >= 11 is 1.05. The molecule has 0 unspecified atom stereocenters. The van der Waals surface area contributed by atoms with E-state index in [0.29, 0.717) is 16.4 Å². The van der Waals surface area contributed by atoms with Crippen LogP contribution in [-0.4, -0.2) is 22.7 Å². The molecule has 1 heterocycles. The van der Waals surface area contributed by atoms with Crippen LogP contribution in [0.25, 0.3) is 0 Å². The zero-order valence-electron chi connectivity index (χ0n) is 14.4. The Bertz CT molecular complexity index is 973. The number of hydrogen-bond acceptors (Lipinski definition) is 6. The predicted molar refractivity (Wildman–Crippen MR) is 104 cm³/mol. The molecule has 1 aromatic heterocycles. The number of carbonyl (C=O) groups excluding carboxylic acids is 2.